The van der Waals surface area contributed by atoms with Crippen LogP contribution in [0.1, 0.15) is 36.4 Å². The van der Waals surface area contributed by atoms with E-state index in [1.807, 2.05) is 45.9 Å². The second-order valence-electron chi connectivity index (χ2n) is 7.76. The summed E-state index contributed by atoms with van der Waals surface area (Å²) in [5, 5.41) is 2.87. The van der Waals surface area contributed by atoms with Crippen molar-refractivity contribution in [3.63, 3.8) is 0 Å². The van der Waals surface area contributed by atoms with Crippen LogP contribution in [0.25, 0.3) is 0 Å². The Hall–Kier alpha value is -2.89. The van der Waals surface area contributed by atoms with Gasteiger partial charge >= 0.3 is 0 Å². The van der Waals surface area contributed by atoms with Gasteiger partial charge in [0.2, 0.25) is 11.8 Å². The second-order valence-corrected chi connectivity index (χ2v) is 7.76. The summed E-state index contributed by atoms with van der Waals surface area (Å²) in [4.78, 5) is 38.7. The summed E-state index contributed by atoms with van der Waals surface area (Å²) in [6, 6.07) is 15.1. The number of fused-ring (bicyclic) bond motifs is 4. The first-order valence-corrected chi connectivity index (χ1v) is 9.88. The number of hydrogen-bond donors (Lipinski definition) is 1. The minimum absolute atomic E-state index is 0.0243. The van der Waals surface area contributed by atoms with E-state index in [-0.39, 0.29) is 36.1 Å². The van der Waals surface area contributed by atoms with Crippen LogP contribution in [0.2, 0.25) is 0 Å². The van der Waals surface area contributed by atoms with E-state index in [4.69, 9.17) is 0 Å². The lowest BCUT2D eigenvalue weighted by atomic mass is 9.83. The third kappa shape index (κ3) is 4.01. The number of piperidine rings is 1. The molecule has 0 aliphatic carbocycles. The molecule has 2 aliphatic rings. The molecule has 2 amide bonds. The Labute approximate surface area is 164 Å². The molecule has 0 saturated carbocycles. The molecule has 0 radical (unpaired) electrons. The predicted molar refractivity (Wildman–Crippen MR) is 106 cm³/mol. The van der Waals surface area contributed by atoms with Crippen LogP contribution in [0, 0.1) is 5.92 Å². The zero-order valence-electron chi connectivity index (χ0n) is 15.8. The number of carbonyl (C=O) groups is 2. The third-order valence-electron chi connectivity index (χ3n) is 5.73. The summed E-state index contributed by atoms with van der Waals surface area (Å²) >= 11 is 0. The smallest absolute Gasteiger partial charge is 0.250 e. The van der Waals surface area contributed by atoms with Crippen LogP contribution in [0.4, 0.5) is 0 Å². The Morgan fingerprint density at radius 2 is 1.79 bits per heavy atom. The van der Waals surface area contributed by atoms with Crippen molar-refractivity contribution in [2.45, 2.75) is 38.3 Å². The fraction of sp³-hybridized carbons (Fsp3) is 0.409. The van der Waals surface area contributed by atoms with Crippen molar-refractivity contribution in [3.05, 3.63) is 70.1 Å². The molecule has 2 aliphatic heterocycles. The van der Waals surface area contributed by atoms with Gasteiger partial charge in [0.15, 0.2) is 0 Å². The molecule has 1 saturated heterocycles. The van der Waals surface area contributed by atoms with Crippen molar-refractivity contribution in [1.82, 2.24) is 14.8 Å². The number of likely N-dealkylation sites (tertiary alicyclic amines) is 1. The summed E-state index contributed by atoms with van der Waals surface area (Å²) in [7, 11) is 0. The third-order valence-corrected chi connectivity index (χ3v) is 5.73. The number of rotatable bonds is 5. The molecule has 0 spiro atoms. The number of benzene rings is 1. The maximum atomic E-state index is 12.7. The number of nitrogens with zero attached hydrogens (tertiary/aromatic N) is 2. The van der Waals surface area contributed by atoms with Gasteiger partial charge in [-0.15, -0.1) is 0 Å². The normalized spacial score (nSPS) is 20.4. The first-order valence-electron chi connectivity index (χ1n) is 9.88. The SMILES string of the molecule is O=C(CCC(=O)N1CC2C[C@H](C1)Cn1c2cccc1=O)NCc1ccccc1. The highest BCUT2D eigenvalue weighted by molar-refractivity contribution is 5.83. The number of nitrogens with one attached hydrogen (secondary N) is 1. The zero-order valence-corrected chi connectivity index (χ0v) is 15.8. The van der Waals surface area contributed by atoms with Crippen LogP contribution in [-0.2, 0) is 22.7 Å². The molecule has 146 valence electrons. The van der Waals surface area contributed by atoms with Crippen LogP contribution in [0.3, 0.4) is 0 Å². The molecule has 6 heteroatoms. The number of amides is 2. The van der Waals surface area contributed by atoms with Gasteiger partial charge in [0.05, 0.1) is 0 Å². The summed E-state index contributed by atoms with van der Waals surface area (Å²) in [5.74, 6) is 0.432. The summed E-state index contributed by atoms with van der Waals surface area (Å²) in [6.07, 6.45) is 1.44. The molecule has 6 nitrogen and oxygen atoms in total. The topological polar surface area (TPSA) is 71.4 Å². The van der Waals surface area contributed by atoms with Crippen molar-refractivity contribution in [1.29, 1.82) is 0 Å². The summed E-state index contributed by atoms with van der Waals surface area (Å²) < 4.78 is 1.86. The minimum atomic E-state index is -0.105. The van der Waals surface area contributed by atoms with Crippen LogP contribution in [-0.4, -0.2) is 34.4 Å². The quantitative estimate of drug-likeness (QED) is 0.862. The van der Waals surface area contributed by atoms with Crippen LogP contribution < -0.4 is 10.9 Å². The van der Waals surface area contributed by atoms with E-state index in [2.05, 4.69) is 5.32 Å². The van der Waals surface area contributed by atoms with E-state index in [0.29, 0.717) is 32.1 Å². The van der Waals surface area contributed by atoms with Gasteiger partial charge in [-0.05, 0) is 24.0 Å². The lowest BCUT2D eigenvalue weighted by molar-refractivity contribution is -0.136. The minimum Gasteiger partial charge on any atom is -0.352 e. The van der Waals surface area contributed by atoms with Gasteiger partial charge in [-0.2, -0.15) is 0 Å². The van der Waals surface area contributed by atoms with E-state index in [1.165, 1.54) is 0 Å². The highest BCUT2D eigenvalue weighted by Gasteiger charge is 2.36. The first-order chi connectivity index (χ1) is 13.6. The van der Waals surface area contributed by atoms with Crippen LogP contribution >= 0.6 is 0 Å². The molecule has 28 heavy (non-hydrogen) atoms. The summed E-state index contributed by atoms with van der Waals surface area (Å²) in [6.45, 7) is 2.45. The Bertz CT molecular complexity index is 922. The van der Waals surface area contributed by atoms with E-state index in [1.54, 1.807) is 12.1 Å². The number of carbonyl (C=O) groups excluding carboxylic acids is 2. The Kier molecular flexibility index (Phi) is 5.28. The fourth-order valence-electron chi connectivity index (χ4n) is 4.36. The number of aromatic nitrogens is 1. The Morgan fingerprint density at radius 1 is 0.964 bits per heavy atom. The second kappa shape index (κ2) is 8.00. The van der Waals surface area contributed by atoms with E-state index in [9.17, 15) is 14.4 Å². The average Bonchev–Trinajstić information content (AvgIpc) is 2.72. The molecule has 2 aromatic rings. The largest absolute Gasteiger partial charge is 0.352 e. The first kappa shape index (κ1) is 18.5. The Morgan fingerprint density at radius 3 is 2.61 bits per heavy atom. The molecule has 3 heterocycles. The molecule has 1 fully saturated rings. The van der Waals surface area contributed by atoms with Gasteiger partial charge in [-0.1, -0.05) is 36.4 Å². The Balaban J connectivity index is 1.30. The van der Waals surface area contributed by atoms with E-state index < -0.39 is 0 Å². The van der Waals surface area contributed by atoms with Gasteiger partial charge in [0.25, 0.3) is 5.56 Å². The highest BCUT2D eigenvalue weighted by Crippen LogP contribution is 2.35. The summed E-state index contributed by atoms with van der Waals surface area (Å²) in [5.41, 5.74) is 2.11. The average molecular weight is 379 g/mol. The molecular weight excluding hydrogens is 354 g/mol. The molecular formula is C22H25N3O3. The van der Waals surface area contributed by atoms with Gasteiger partial charge in [-0.25, -0.2) is 0 Å². The zero-order chi connectivity index (χ0) is 19.5. The lowest BCUT2D eigenvalue weighted by Crippen LogP contribution is -2.49. The molecule has 1 aromatic carbocycles. The highest BCUT2D eigenvalue weighted by atomic mass is 16.2. The van der Waals surface area contributed by atoms with Gasteiger partial charge in [-0.3, -0.25) is 14.4 Å². The molecule has 1 unspecified atom stereocenters. The van der Waals surface area contributed by atoms with Gasteiger partial charge < -0.3 is 14.8 Å². The van der Waals surface area contributed by atoms with Crippen LogP contribution in [0.5, 0.6) is 0 Å². The van der Waals surface area contributed by atoms with Crippen molar-refractivity contribution >= 4 is 11.8 Å². The van der Waals surface area contributed by atoms with Crippen molar-refractivity contribution in [3.8, 4) is 0 Å². The molecule has 1 aromatic heterocycles. The van der Waals surface area contributed by atoms with Crippen molar-refractivity contribution in [2.75, 3.05) is 13.1 Å². The van der Waals surface area contributed by atoms with Crippen molar-refractivity contribution < 1.29 is 9.59 Å². The van der Waals surface area contributed by atoms with Gasteiger partial charge in [0.1, 0.15) is 0 Å². The number of pyridine rings is 1. The maximum Gasteiger partial charge on any atom is 0.250 e. The fourth-order valence-corrected chi connectivity index (χ4v) is 4.36. The van der Waals surface area contributed by atoms with Crippen LogP contribution in [0.15, 0.2) is 53.3 Å². The molecule has 4 rings (SSSR count). The molecule has 2 atom stereocenters. The predicted octanol–water partition coefficient (Wildman–Crippen LogP) is 1.89. The van der Waals surface area contributed by atoms with E-state index in [0.717, 1.165) is 17.7 Å². The standard InChI is InChI=1S/C22H25N3O3/c26-20(23-12-16-5-2-1-3-6-16)9-10-21(27)24-13-17-11-18(15-24)19-7-4-8-22(28)25(19)14-17/h1-8,17-18H,9-15H2,(H,23,26)/t17-,18?/m1/s1. The van der Waals surface area contributed by atoms with Crippen molar-refractivity contribution in [2.24, 2.45) is 5.92 Å². The maximum absolute atomic E-state index is 12.7. The monoisotopic (exact) mass is 379 g/mol. The molecule has 2 bridgehead atoms. The van der Waals surface area contributed by atoms with E-state index >= 15 is 0 Å². The van der Waals surface area contributed by atoms with Gasteiger partial charge in [0, 0.05) is 56.7 Å². The lowest BCUT2D eigenvalue weighted by Gasteiger charge is -2.42. The molecule has 1 N–H and O–H groups in total. The number of hydrogen-bond acceptors (Lipinski definition) is 3.